The SMILES string of the molecule is CCCNC(C)(CO)CC(C)Oc1ccc(OCC)cc1. The quantitative estimate of drug-likeness (QED) is 0.697. The van der Waals surface area contributed by atoms with E-state index in [9.17, 15) is 5.11 Å². The zero-order chi connectivity index (χ0) is 15.7. The van der Waals surface area contributed by atoms with Gasteiger partial charge in [0.05, 0.1) is 19.3 Å². The summed E-state index contributed by atoms with van der Waals surface area (Å²) in [6.45, 7) is 9.79. The lowest BCUT2D eigenvalue weighted by molar-refractivity contribution is 0.110. The highest BCUT2D eigenvalue weighted by atomic mass is 16.5. The monoisotopic (exact) mass is 295 g/mol. The van der Waals surface area contributed by atoms with Gasteiger partial charge in [0, 0.05) is 12.0 Å². The molecule has 21 heavy (non-hydrogen) atoms. The highest BCUT2D eigenvalue weighted by Gasteiger charge is 2.25. The number of ether oxygens (including phenoxy) is 2. The van der Waals surface area contributed by atoms with Crippen LogP contribution in [0.25, 0.3) is 0 Å². The molecule has 0 saturated carbocycles. The Morgan fingerprint density at radius 3 is 2.33 bits per heavy atom. The van der Waals surface area contributed by atoms with Crippen LogP contribution >= 0.6 is 0 Å². The molecule has 0 fully saturated rings. The predicted octanol–water partition coefficient (Wildman–Crippen LogP) is 2.99. The molecule has 0 aliphatic carbocycles. The van der Waals surface area contributed by atoms with Gasteiger partial charge in [-0.15, -0.1) is 0 Å². The summed E-state index contributed by atoms with van der Waals surface area (Å²) in [7, 11) is 0. The molecule has 0 bridgehead atoms. The van der Waals surface area contributed by atoms with Gasteiger partial charge in [-0.2, -0.15) is 0 Å². The van der Waals surface area contributed by atoms with Gasteiger partial charge in [-0.1, -0.05) is 6.92 Å². The molecular weight excluding hydrogens is 266 g/mol. The molecule has 1 aromatic carbocycles. The molecule has 0 aliphatic heterocycles. The Kier molecular flexibility index (Phi) is 7.54. The summed E-state index contributed by atoms with van der Waals surface area (Å²) in [4.78, 5) is 0. The van der Waals surface area contributed by atoms with Crippen LogP contribution in [-0.4, -0.2) is 36.5 Å². The molecule has 1 aromatic rings. The summed E-state index contributed by atoms with van der Waals surface area (Å²) in [6.07, 6.45) is 1.81. The molecule has 0 radical (unpaired) electrons. The summed E-state index contributed by atoms with van der Waals surface area (Å²) in [5.41, 5.74) is -0.305. The third kappa shape index (κ3) is 6.36. The highest BCUT2D eigenvalue weighted by Crippen LogP contribution is 2.21. The summed E-state index contributed by atoms with van der Waals surface area (Å²) in [5.74, 6) is 1.67. The van der Waals surface area contributed by atoms with Crippen LogP contribution < -0.4 is 14.8 Å². The van der Waals surface area contributed by atoms with E-state index in [1.54, 1.807) is 0 Å². The first-order chi connectivity index (χ1) is 10.0. The maximum Gasteiger partial charge on any atom is 0.119 e. The number of hydrogen-bond acceptors (Lipinski definition) is 4. The minimum absolute atomic E-state index is 0.0180. The van der Waals surface area contributed by atoms with Crippen LogP contribution in [0.1, 0.15) is 40.5 Å². The minimum atomic E-state index is -0.305. The van der Waals surface area contributed by atoms with Crippen molar-refractivity contribution in [3.8, 4) is 11.5 Å². The number of hydrogen-bond donors (Lipinski definition) is 2. The number of benzene rings is 1. The third-order valence-electron chi connectivity index (χ3n) is 3.36. The summed E-state index contributed by atoms with van der Waals surface area (Å²) < 4.78 is 11.3. The Labute approximate surface area is 128 Å². The second-order valence-electron chi connectivity index (χ2n) is 5.68. The molecule has 2 atom stereocenters. The molecule has 120 valence electrons. The molecule has 0 aromatic heterocycles. The molecule has 2 N–H and O–H groups in total. The molecule has 0 heterocycles. The van der Waals surface area contributed by atoms with E-state index in [1.807, 2.05) is 45.0 Å². The molecule has 0 saturated heterocycles. The lowest BCUT2D eigenvalue weighted by Crippen LogP contribution is -2.48. The third-order valence-corrected chi connectivity index (χ3v) is 3.36. The van der Waals surface area contributed by atoms with Crippen molar-refractivity contribution in [1.82, 2.24) is 5.32 Å². The molecule has 1 rings (SSSR count). The van der Waals surface area contributed by atoms with Crippen molar-refractivity contribution in [2.45, 2.75) is 52.2 Å². The van der Waals surface area contributed by atoms with E-state index >= 15 is 0 Å². The van der Waals surface area contributed by atoms with E-state index in [1.165, 1.54) is 0 Å². The zero-order valence-corrected chi connectivity index (χ0v) is 13.7. The van der Waals surface area contributed by atoms with Gasteiger partial charge in [0.2, 0.25) is 0 Å². The predicted molar refractivity (Wildman–Crippen MR) is 86.1 cm³/mol. The van der Waals surface area contributed by atoms with Crippen molar-refractivity contribution in [2.75, 3.05) is 19.8 Å². The molecule has 0 amide bonds. The highest BCUT2D eigenvalue weighted by molar-refractivity contribution is 5.31. The fraction of sp³-hybridized carbons (Fsp3) is 0.647. The van der Waals surface area contributed by atoms with Gasteiger partial charge in [-0.25, -0.2) is 0 Å². The molecule has 4 nitrogen and oxygen atoms in total. The maximum absolute atomic E-state index is 9.59. The Morgan fingerprint density at radius 1 is 1.19 bits per heavy atom. The standard InChI is InChI=1S/C17H29NO3/c1-5-11-18-17(4,13-19)12-14(3)21-16-9-7-15(8-10-16)20-6-2/h7-10,14,18-19H,5-6,11-13H2,1-4H3. The van der Waals surface area contributed by atoms with Gasteiger partial charge in [0.15, 0.2) is 0 Å². The smallest absolute Gasteiger partial charge is 0.119 e. The maximum atomic E-state index is 9.59. The van der Waals surface area contributed by atoms with Crippen LogP contribution in [0.4, 0.5) is 0 Å². The van der Waals surface area contributed by atoms with Gasteiger partial charge < -0.3 is 19.9 Å². The fourth-order valence-electron chi connectivity index (χ4n) is 2.31. The van der Waals surface area contributed by atoms with E-state index in [0.29, 0.717) is 6.61 Å². The van der Waals surface area contributed by atoms with Gasteiger partial charge in [-0.3, -0.25) is 0 Å². The van der Waals surface area contributed by atoms with Crippen LogP contribution in [0, 0.1) is 0 Å². The molecule has 0 aliphatic rings. The average Bonchev–Trinajstić information content (AvgIpc) is 2.47. The zero-order valence-electron chi connectivity index (χ0n) is 13.7. The van der Waals surface area contributed by atoms with Gasteiger partial charge in [0.1, 0.15) is 11.5 Å². The summed E-state index contributed by atoms with van der Waals surface area (Å²) in [6, 6.07) is 7.65. The first-order valence-electron chi connectivity index (χ1n) is 7.78. The van der Waals surface area contributed by atoms with Crippen LogP contribution in [0.5, 0.6) is 11.5 Å². The van der Waals surface area contributed by atoms with Gasteiger partial charge >= 0.3 is 0 Å². The molecule has 2 unspecified atom stereocenters. The summed E-state index contributed by atoms with van der Waals surface area (Å²) >= 11 is 0. The lowest BCUT2D eigenvalue weighted by atomic mass is 9.95. The number of rotatable bonds is 10. The van der Waals surface area contributed by atoms with E-state index in [2.05, 4.69) is 12.2 Å². The second kappa shape index (κ2) is 8.90. The van der Waals surface area contributed by atoms with Crippen LogP contribution in [0.3, 0.4) is 0 Å². The molecule has 0 spiro atoms. The Hall–Kier alpha value is -1.26. The van der Waals surface area contributed by atoms with Crippen LogP contribution in [0.15, 0.2) is 24.3 Å². The lowest BCUT2D eigenvalue weighted by Gasteiger charge is -2.31. The van der Waals surface area contributed by atoms with E-state index in [0.717, 1.165) is 30.9 Å². The minimum Gasteiger partial charge on any atom is -0.494 e. The average molecular weight is 295 g/mol. The van der Waals surface area contributed by atoms with Gasteiger partial charge in [0.25, 0.3) is 0 Å². The van der Waals surface area contributed by atoms with Gasteiger partial charge in [-0.05, 0) is 58.0 Å². The first-order valence-corrected chi connectivity index (χ1v) is 7.78. The van der Waals surface area contributed by atoms with Crippen LogP contribution in [0.2, 0.25) is 0 Å². The van der Waals surface area contributed by atoms with Crippen molar-refractivity contribution in [3.63, 3.8) is 0 Å². The Bertz CT molecular complexity index is 394. The van der Waals surface area contributed by atoms with Crippen molar-refractivity contribution < 1.29 is 14.6 Å². The first kappa shape index (κ1) is 17.8. The van der Waals surface area contributed by atoms with E-state index in [-0.39, 0.29) is 18.2 Å². The van der Waals surface area contributed by atoms with Crippen molar-refractivity contribution in [1.29, 1.82) is 0 Å². The van der Waals surface area contributed by atoms with E-state index in [4.69, 9.17) is 9.47 Å². The van der Waals surface area contributed by atoms with Crippen molar-refractivity contribution in [2.24, 2.45) is 0 Å². The van der Waals surface area contributed by atoms with Crippen molar-refractivity contribution in [3.05, 3.63) is 24.3 Å². The van der Waals surface area contributed by atoms with Crippen molar-refractivity contribution >= 4 is 0 Å². The fourth-order valence-corrected chi connectivity index (χ4v) is 2.31. The normalized spacial score (nSPS) is 15.3. The summed E-state index contributed by atoms with van der Waals surface area (Å²) in [5, 5.41) is 13.0. The molecule has 4 heteroatoms. The van der Waals surface area contributed by atoms with Crippen LogP contribution in [-0.2, 0) is 0 Å². The second-order valence-corrected chi connectivity index (χ2v) is 5.68. The topological polar surface area (TPSA) is 50.7 Å². The molecular formula is C17H29NO3. The Balaban J connectivity index is 2.53. The Morgan fingerprint density at radius 2 is 1.81 bits per heavy atom. The number of aliphatic hydroxyl groups excluding tert-OH is 1. The number of nitrogens with one attached hydrogen (secondary N) is 1. The largest absolute Gasteiger partial charge is 0.494 e. The van der Waals surface area contributed by atoms with E-state index < -0.39 is 0 Å². The number of aliphatic hydroxyl groups is 1.